The summed E-state index contributed by atoms with van der Waals surface area (Å²) in [6.07, 6.45) is 5.03. The van der Waals surface area contributed by atoms with Crippen LogP contribution >= 0.6 is 15.9 Å². The number of benzene rings is 1. The van der Waals surface area contributed by atoms with Crippen molar-refractivity contribution in [3.05, 3.63) is 45.6 Å². The third-order valence-electron chi connectivity index (χ3n) is 7.04. The molecule has 0 spiro atoms. The number of likely N-dealkylation sites (tertiary alicyclic amines) is 1. The van der Waals surface area contributed by atoms with E-state index in [1.54, 1.807) is 0 Å². The zero-order valence-electron chi connectivity index (χ0n) is 19.2. The maximum absolute atomic E-state index is 13.6. The highest BCUT2D eigenvalue weighted by molar-refractivity contribution is 9.10. The Morgan fingerprint density at radius 1 is 1.22 bits per heavy atom. The maximum Gasteiger partial charge on any atom is 0.256 e. The van der Waals surface area contributed by atoms with Crippen molar-refractivity contribution in [1.82, 2.24) is 15.1 Å². The third kappa shape index (κ3) is 4.50. The molecule has 0 bridgehead atoms. The molecule has 3 aliphatic heterocycles. The average molecular weight is 501 g/mol. The van der Waals surface area contributed by atoms with Crippen LogP contribution in [0.1, 0.15) is 45.6 Å². The zero-order valence-corrected chi connectivity index (χ0v) is 20.8. The highest BCUT2D eigenvalue weighted by atomic mass is 79.9. The molecule has 2 unspecified atom stereocenters. The number of hydrogen-bond acceptors (Lipinski definition) is 4. The third-order valence-corrected chi connectivity index (χ3v) is 7.53. The SMILES string of the molecule is CCN(CC)CCN1CCCCC2NC(/C=C3\C(=O)Nc4ccc(Br)cc43)=C(C)C2C1=O. The number of rotatable bonds is 6. The van der Waals surface area contributed by atoms with Gasteiger partial charge in [-0.05, 0) is 69.1 Å². The van der Waals surface area contributed by atoms with Gasteiger partial charge in [0.05, 0.1) is 11.5 Å². The van der Waals surface area contributed by atoms with Gasteiger partial charge in [-0.2, -0.15) is 0 Å². The van der Waals surface area contributed by atoms with Gasteiger partial charge in [-0.3, -0.25) is 9.59 Å². The minimum Gasteiger partial charge on any atom is -0.381 e. The first-order valence-corrected chi connectivity index (χ1v) is 12.5. The Morgan fingerprint density at radius 2 is 2.00 bits per heavy atom. The van der Waals surface area contributed by atoms with Gasteiger partial charge >= 0.3 is 0 Å². The number of halogens is 1. The molecule has 2 amide bonds. The molecule has 3 heterocycles. The van der Waals surface area contributed by atoms with Gasteiger partial charge in [0.25, 0.3) is 5.91 Å². The fraction of sp³-hybridized carbons (Fsp3) is 0.520. The summed E-state index contributed by atoms with van der Waals surface area (Å²) in [5, 5.41) is 6.54. The van der Waals surface area contributed by atoms with Crippen LogP contribution < -0.4 is 10.6 Å². The number of allylic oxidation sites excluding steroid dienone is 1. The predicted octanol–water partition coefficient (Wildman–Crippen LogP) is 4.00. The van der Waals surface area contributed by atoms with Crippen LogP contribution in [0.3, 0.4) is 0 Å². The van der Waals surface area contributed by atoms with Crippen LogP contribution in [-0.4, -0.2) is 60.4 Å². The first-order chi connectivity index (χ1) is 15.4. The van der Waals surface area contributed by atoms with E-state index in [1.165, 1.54) is 0 Å². The smallest absolute Gasteiger partial charge is 0.256 e. The highest BCUT2D eigenvalue weighted by Gasteiger charge is 2.40. The van der Waals surface area contributed by atoms with Crippen molar-refractivity contribution in [3.8, 4) is 0 Å². The van der Waals surface area contributed by atoms with E-state index < -0.39 is 0 Å². The molecule has 32 heavy (non-hydrogen) atoms. The largest absolute Gasteiger partial charge is 0.381 e. The second kappa shape index (κ2) is 9.79. The van der Waals surface area contributed by atoms with Crippen LogP contribution in [0.15, 0.2) is 40.0 Å². The molecule has 4 rings (SSSR count). The zero-order chi connectivity index (χ0) is 22.8. The second-order valence-corrected chi connectivity index (χ2v) is 9.79. The molecule has 1 aromatic carbocycles. The molecule has 2 N–H and O–H groups in total. The molecule has 7 heteroatoms. The molecule has 2 atom stereocenters. The predicted molar refractivity (Wildman–Crippen MR) is 132 cm³/mol. The van der Waals surface area contributed by atoms with Gasteiger partial charge < -0.3 is 20.4 Å². The molecule has 1 aromatic rings. The molecular weight excluding hydrogens is 468 g/mol. The molecule has 0 aliphatic carbocycles. The van der Waals surface area contributed by atoms with E-state index in [9.17, 15) is 9.59 Å². The summed E-state index contributed by atoms with van der Waals surface area (Å²) < 4.78 is 0.935. The topological polar surface area (TPSA) is 64.7 Å². The standard InChI is InChI=1S/C25H33BrN4O2/c1-4-29(5-2)12-13-30-11-7-6-8-21-23(25(30)32)16(3)22(27-21)15-19-18-14-17(26)9-10-20(18)28-24(19)31/h9-10,14-15,21,23,27H,4-8,11-13H2,1-3H3,(H,28,31)/b19-15-. The lowest BCUT2D eigenvalue weighted by molar-refractivity contribution is -0.135. The van der Waals surface area contributed by atoms with Crippen molar-refractivity contribution >= 4 is 39.0 Å². The molecule has 172 valence electrons. The number of hydrogen-bond donors (Lipinski definition) is 2. The summed E-state index contributed by atoms with van der Waals surface area (Å²) in [6, 6.07) is 5.89. The number of nitrogens with one attached hydrogen (secondary N) is 2. The molecule has 0 aromatic heterocycles. The number of nitrogens with zero attached hydrogens (tertiary/aromatic N) is 2. The number of carbonyl (C=O) groups is 2. The van der Waals surface area contributed by atoms with Crippen molar-refractivity contribution in [2.75, 3.05) is 38.0 Å². The van der Waals surface area contributed by atoms with Crippen molar-refractivity contribution in [2.24, 2.45) is 5.92 Å². The van der Waals surface area contributed by atoms with Gasteiger partial charge in [-0.25, -0.2) is 0 Å². The van der Waals surface area contributed by atoms with E-state index in [0.29, 0.717) is 5.57 Å². The lowest BCUT2D eigenvalue weighted by atomic mass is 9.88. The minimum absolute atomic E-state index is 0.0945. The summed E-state index contributed by atoms with van der Waals surface area (Å²) in [6.45, 7) is 10.9. The van der Waals surface area contributed by atoms with Crippen molar-refractivity contribution in [1.29, 1.82) is 0 Å². The number of amides is 2. The summed E-state index contributed by atoms with van der Waals surface area (Å²) in [4.78, 5) is 30.7. The van der Waals surface area contributed by atoms with Crippen molar-refractivity contribution < 1.29 is 9.59 Å². The van der Waals surface area contributed by atoms with Crippen molar-refractivity contribution in [3.63, 3.8) is 0 Å². The Balaban J connectivity index is 1.60. The molecule has 1 saturated heterocycles. The lowest BCUT2D eigenvalue weighted by Crippen LogP contribution is -2.47. The average Bonchev–Trinajstić information content (AvgIpc) is 3.24. The quantitative estimate of drug-likeness (QED) is 0.579. The monoisotopic (exact) mass is 500 g/mol. The van der Waals surface area contributed by atoms with Gasteiger partial charge in [0.15, 0.2) is 0 Å². The van der Waals surface area contributed by atoms with E-state index in [4.69, 9.17) is 0 Å². The van der Waals surface area contributed by atoms with E-state index >= 15 is 0 Å². The Bertz CT molecular complexity index is 967. The van der Waals surface area contributed by atoms with Crippen LogP contribution in [0.4, 0.5) is 5.69 Å². The molecular formula is C25H33BrN4O2. The number of fused-ring (bicyclic) bond motifs is 2. The van der Waals surface area contributed by atoms with Crippen molar-refractivity contribution in [2.45, 2.75) is 46.1 Å². The molecule has 0 saturated carbocycles. The summed E-state index contributed by atoms with van der Waals surface area (Å²) in [5.74, 6) is -0.0405. The van der Waals surface area contributed by atoms with E-state index in [2.05, 4.69) is 50.2 Å². The van der Waals surface area contributed by atoms with E-state index in [0.717, 1.165) is 79.0 Å². The van der Waals surface area contributed by atoms with Gasteiger partial charge in [0.2, 0.25) is 5.91 Å². The maximum atomic E-state index is 13.6. The van der Waals surface area contributed by atoms with Crippen LogP contribution in [0.5, 0.6) is 0 Å². The Kier molecular flexibility index (Phi) is 7.05. The Labute approximate surface area is 199 Å². The van der Waals surface area contributed by atoms with E-state index in [-0.39, 0.29) is 23.8 Å². The van der Waals surface area contributed by atoms with Gasteiger partial charge in [-0.1, -0.05) is 29.8 Å². The Hall–Kier alpha value is -2.12. The van der Waals surface area contributed by atoms with E-state index in [1.807, 2.05) is 31.2 Å². The fourth-order valence-electron chi connectivity index (χ4n) is 5.06. The van der Waals surface area contributed by atoms with Gasteiger partial charge in [-0.15, -0.1) is 0 Å². The highest BCUT2D eigenvalue weighted by Crippen LogP contribution is 2.37. The number of anilines is 1. The molecule has 3 aliphatic rings. The van der Waals surface area contributed by atoms with Gasteiger partial charge in [0, 0.05) is 47.1 Å². The Morgan fingerprint density at radius 3 is 2.75 bits per heavy atom. The molecule has 6 nitrogen and oxygen atoms in total. The van der Waals surface area contributed by atoms with Gasteiger partial charge in [0.1, 0.15) is 0 Å². The summed E-state index contributed by atoms with van der Waals surface area (Å²) in [5.41, 5.74) is 4.31. The fourth-order valence-corrected chi connectivity index (χ4v) is 5.42. The first kappa shape index (κ1) is 23.1. The van der Waals surface area contributed by atoms with Crippen LogP contribution in [-0.2, 0) is 9.59 Å². The number of likely N-dealkylation sites (N-methyl/N-ethyl adjacent to an activating group) is 1. The summed E-state index contributed by atoms with van der Waals surface area (Å²) >= 11 is 3.51. The molecule has 1 fully saturated rings. The normalized spacial score (nSPS) is 24.4. The first-order valence-electron chi connectivity index (χ1n) is 11.7. The van der Waals surface area contributed by atoms with Crippen LogP contribution in [0, 0.1) is 5.92 Å². The molecule has 0 radical (unpaired) electrons. The second-order valence-electron chi connectivity index (χ2n) is 8.88. The summed E-state index contributed by atoms with van der Waals surface area (Å²) in [7, 11) is 0. The lowest BCUT2D eigenvalue weighted by Gasteiger charge is -2.33. The van der Waals surface area contributed by atoms with Crippen LogP contribution in [0.2, 0.25) is 0 Å². The van der Waals surface area contributed by atoms with Crippen LogP contribution in [0.25, 0.3) is 5.57 Å². The number of carbonyl (C=O) groups excluding carboxylic acids is 2. The minimum atomic E-state index is -0.162.